The van der Waals surface area contributed by atoms with Gasteiger partial charge in [-0.25, -0.2) is 0 Å². The molecule has 0 aliphatic heterocycles. The van der Waals surface area contributed by atoms with Gasteiger partial charge in [-0.3, -0.25) is 19.7 Å². The first-order chi connectivity index (χ1) is 11.8. The van der Waals surface area contributed by atoms with Crippen LogP contribution in [0.5, 0.6) is 0 Å². The van der Waals surface area contributed by atoms with Crippen LogP contribution in [0.4, 0.5) is 0 Å². The standard InChI is InChI=1S/C17H14N6S/c24-17-22-21-16(14-9-13(19-20-14)10-6-7-10)23(17)15-5-1-4-12-11(15)3-2-8-18-12/h1-5,8-10H,6-7H2,(H,19,20)(H,22,24). The molecule has 3 heterocycles. The van der Waals surface area contributed by atoms with Gasteiger partial charge in [-0.15, -0.1) is 0 Å². The molecule has 0 atom stereocenters. The van der Waals surface area contributed by atoms with Crippen molar-refractivity contribution >= 4 is 23.1 Å². The van der Waals surface area contributed by atoms with Crippen molar-refractivity contribution in [2.24, 2.45) is 0 Å². The van der Waals surface area contributed by atoms with Crippen LogP contribution in [0.2, 0.25) is 0 Å². The van der Waals surface area contributed by atoms with E-state index in [1.807, 2.05) is 34.9 Å². The largest absolute Gasteiger partial charge is 0.282 e. The molecule has 1 fully saturated rings. The Balaban J connectivity index is 1.73. The van der Waals surface area contributed by atoms with Gasteiger partial charge in [0.25, 0.3) is 0 Å². The second kappa shape index (κ2) is 5.10. The molecule has 1 saturated carbocycles. The van der Waals surface area contributed by atoms with E-state index in [4.69, 9.17) is 12.2 Å². The third-order valence-corrected chi connectivity index (χ3v) is 4.65. The first kappa shape index (κ1) is 13.6. The second-order valence-corrected chi connectivity index (χ2v) is 6.40. The predicted octanol–water partition coefficient (Wildman–Crippen LogP) is 3.75. The minimum absolute atomic E-state index is 0.539. The Kier molecular flexibility index (Phi) is 2.90. The number of fused-ring (bicyclic) bond motifs is 1. The van der Waals surface area contributed by atoms with Gasteiger partial charge in [-0.2, -0.15) is 10.2 Å². The van der Waals surface area contributed by atoms with E-state index in [0.717, 1.165) is 22.3 Å². The molecule has 5 rings (SSSR count). The second-order valence-electron chi connectivity index (χ2n) is 6.02. The van der Waals surface area contributed by atoms with Crippen LogP contribution < -0.4 is 0 Å². The molecule has 0 unspecified atom stereocenters. The van der Waals surface area contributed by atoms with Gasteiger partial charge in [0.2, 0.25) is 0 Å². The minimum atomic E-state index is 0.539. The Bertz CT molecular complexity index is 1100. The van der Waals surface area contributed by atoms with E-state index in [9.17, 15) is 0 Å². The van der Waals surface area contributed by atoms with Crippen LogP contribution >= 0.6 is 12.2 Å². The van der Waals surface area contributed by atoms with E-state index >= 15 is 0 Å². The van der Waals surface area contributed by atoms with Crippen molar-refractivity contribution < 1.29 is 0 Å². The molecule has 1 aliphatic carbocycles. The zero-order valence-electron chi connectivity index (χ0n) is 12.7. The summed E-state index contributed by atoms with van der Waals surface area (Å²) in [5.74, 6) is 1.32. The fourth-order valence-corrected chi connectivity index (χ4v) is 3.26. The Hall–Kier alpha value is -2.80. The molecule has 0 saturated heterocycles. The van der Waals surface area contributed by atoms with Gasteiger partial charge in [-0.05, 0) is 55.4 Å². The van der Waals surface area contributed by atoms with Crippen molar-refractivity contribution in [1.29, 1.82) is 0 Å². The SMILES string of the molecule is S=c1[nH]nc(-c2cc(C3CC3)[nH]n2)n1-c1cccc2ncccc12. The Morgan fingerprint density at radius 3 is 2.88 bits per heavy atom. The molecule has 0 amide bonds. The summed E-state index contributed by atoms with van der Waals surface area (Å²) in [6, 6.07) is 12.0. The molecule has 6 nitrogen and oxygen atoms in total. The Morgan fingerprint density at radius 2 is 2.00 bits per heavy atom. The first-order valence-electron chi connectivity index (χ1n) is 7.88. The maximum Gasteiger partial charge on any atom is 0.200 e. The molecule has 3 aromatic heterocycles. The topological polar surface area (TPSA) is 75.2 Å². The van der Waals surface area contributed by atoms with E-state index in [1.54, 1.807) is 6.20 Å². The van der Waals surface area contributed by atoms with E-state index in [2.05, 4.69) is 31.4 Å². The highest BCUT2D eigenvalue weighted by molar-refractivity contribution is 7.71. The third kappa shape index (κ3) is 2.09. The third-order valence-electron chi connectivity index (χ3n) is 4.38. The van der Waals surface area contributed by atoms with Gasteiger partial charge in [0, 0.05) is 23.2 Å². The lowest BCUT2D eigenvalue weighted by molar-refractivity contribution is 0.959. The average Bonchev–Trinajstić information content (AvgIpc) is 3.22. The number of pyridine rings is 1. The number of aromatic nitrogens is 6. The minimum Gasteiger partial charge on any atom is -0.282 e. The maximum absolute atomic E-state index is 5.48. The van der Waals surface area contributed by atoms with Crippen molar-refractivity contribution in [1.82, 2.24) is 29.9 Å². The van der Waals surface area contributed by atoms with E-state index in [1.165, 1.54) is 18.5 Å². The molecule has 0 spiro atoms. The molecule has 7 heteroatoms. The normalized spacial score (nSPS) is 14.3. The Morgan fingerprint density at radius 1 is 1.08 bits per heavy atom. The van der Waals surface area contributed by atoms with Gasteiger partial charge >= 0.3 is 0 Å². The Labute approximate surface area is 142 Å². The summed E-state index contributed by atoms with van der Waals surface area (Å²) in [6.45, 7) is 0. The highest BCUT2D eigenvalue weighted by Crippen LogP contribution is 2.40. The highest BCUT2D eigenvalue weighted by atomic mass is 32.1. The lowest BCUT2D eigenvalue weighted by Gasteiger charge is -2.08. The molecule has 2 N–H and O–H groups in total. The van der Waals surface area contributed by atoms with Crippen LogP contribution in [0.15, 0.2) is 42.6 Å². The number of nitrogens with zero attached hydrogens (tertiary/aromatic N) is 4. The number of rotatable bonds is 3. The molecule has 4 aromatic rings. The van der Waals surface area contributed by atoms with Gasteiger partial charge in [0.15, 0.2) is 10.6 Å². The molecule has 0 bridgehead atoms. The number of hydrogen-bond acceptors (Lipinski definition) is 4. The van der Waals surface area contributed by atoms with E-state index in [0.29, 0.717) is 16.5 Å². The zero-order chi connectivity index (χ0) is 16.1. The van der Waals surface area contributed by atoms with E-state index < -0.39 is 0 Å². The summed E-state index contributed by atoms with van der Waals surface area (Å²) < 4.78 is 2.46. The number of H-pyrrole nitrogens is 2. The molecule has 1 aliphatic rings. The smallest absolute Gasteiger partial charge is 0.200 e. The summed E-state index contributed by atoms with van der Waals surface area (Å²) in [4.78, 5) is 4.42. The fraction of sp³-hybridized carbons (Fsp3) is 0.176. The lowest BCUT2D eigenvalue weighted by Crippen LogP contribution is -1.99. The first-order valence-corrected chi connectivity index (χ1v) is 8.29. The summed E-state index contributed by atoms with van der Waals surface area (Å²) in [5.41, 5.74) is 3.84. The van der Waals surface area contributed by atoms with Crippen molar-refractivity contribution in [3.8, 4) is 17.2 Å². The van der Waals surface area contributed by atoms with Gasteiger partial charge in [0.05, 0.1) is 11.2 Å². The number of nitrogens with one attached hydrogen (secondary N) is 2. The number of hydrogen-bond donors (Lipinski definition) is 2. The summed E-state index contributed by atoms with van der Waals surface area (Å²) in [6.07, 6.45) is 4.24. The van der Waals surface area contributed by atoms with Crippen molar-refractivity contribution in [3.63, 3.8) is 0 Å². The molecule has 118 valence electrons. The van der Waals surface area contributed by atoms with Crippen LogP contribution in [-0.4, -0.2) is 29.9 Å². The van der Waals surface area contributed by atoms with Crippen LogP contribution in [0.3, 0.4) is 0 Å². The van der Waals surface area contributed by atoms with Crippen LogP contribution in [0.1, 0.15) is 24.5 Å². The van der Waals surface area contributed by atoms with Crippen molar-refractivity contribution in [3.05, 3.63) is 53.1 Å². The molecular formula is C17H14N6S. The fourth-order valence-electron chi connectivity index (χ4n) is 3.03. The molecular weight excluding hydrogens is 320 g/mol. The monoisotopic (exact) mass is 334 g/mol. The lowest BCUT2D eigenvalue weighted by atomic mass is 10.1. The summed E-state index contributed by atoms with van der Waals surface area (Å²) in [5, 5.41) is 15.9. The molecule has 24 heavy (non-hydrogen) atoms. The predicted molar refractivity (Wildman–Crippen MR) is 93.6 cm³/mol. The molecule has 1 aromatic carbocycles. The van der Waals surface area contributed by atoms with Crippen molar-refractivity contribution in [2.45, 2.75) is 18.8 Å². The number of benzene rings is 1. The van der Waals surface area contributed by atoms with Gasteiger partial charge < -0.3 is 0 Å². The quantitative estimate of drug-likeness (QED) is 0.560. The number of aromatic amines is 2. The van der Waals surface area contributed by atoms with Crippen LogP contribution in [0.25, 0.3) is 28.1 Å². The van der Waals surface area contributed by atoms with Gasteiger partial charge in [0.1, 0.15) is 5.69 Å². The van der Waals surface area contributed by atoms with Crippen LogP contribution in [0, 0.1) is 4.77 Å². The summed E-state index contributed by atoms with van der Waals surface area (Å²) >= 11 is 5.48. The summed E-state index contributed by atoms with van der Waals surface area (Å²) in [7, 11) is 0. The zero-order valence-corrected chi connectivity index (χ0v) is 13.5. The van der Waals surface area contributed by atoms with Gasteiger partial charge in [-0.1, -0.05) is 6.07 Å². The average molecular weight is 334 g/mol. The van der Waals surface area contributed by atoms with Crippen molar-refractivity contribution in [2.75, 3.05) is 0 Å². The maximum atomic E-state index is 5.48. The van der Waals surface area contributed by atoms with Crippen LogP contribution in [-0.2, 0) is 0 Å². The highest BCUT2D eigenvalue weighted by Gasteiger charge is 2.26. The van der Waals surface area contributed by atoms with E-state index in [-0.39, 0.29) is 0 Å². The molecule has 0 radical (unpaired) electrons.